The Bertz CT molecular complexity index is 1200. The molecule has 0 aliphatic heterocycles. The zero-order valence-corrected chi connectivity index (χ0v) is 16.8. The van der Waals surface area contributed by atoms with E-state index < -0.39 is 11.6 Å². The third kappa shape index (κ3) is 4.17. The zero-order valence-electron chi connectivity index (χ0n) is 16.1. The van der Waals surface area contributed by atoms with Crippen molar-refractivity contribution in [3.63, 3.8) is 0 Å². The summed E-state index contributed by atoms with van der Waals surface area (Å²) in [4.78, 5) is 4.08. The van der Waals surface area contributed by atoms with Gasteiger partial charge in [-0.25, -0.2) is 13.8 Å². The third-order valence-electron chi connectivity index (χ3n) is 4.71. The fourth-order valence-electron chi connectivity index (χ4n) is 3.31. The minimum atomic E-state index is -0.471. The van der Waals surface area contributed by atoms with Gasteiger partial charge < -0.3 is 0 Å². The first-order valence-corrected chi connectivity index (χ1v) is 9.29. The molecule has 0 spiro atoms. The van der Waals surface area contributed by atoms with E-state index in [1.54, 1.807) is 13.0 Å². The number of nitrogens with one attached hydrogen (secondary N) is 1. The second-order valence-electron chi connectivity index (χ2n) is 6.65. The number of aryl methyl sites for hydroxylation is 2. The molecule has 2 nitrogen and oxygen atoms in total. The van der Waals surface area contributed by atoms with Crippen molar-refractivity contribution in [3.05, 3.63) is 93.8 Å². The molecule has 0 bridgehead atoms. The van der Waals surface area contributed by atoms with Crippen LogP contribution >= 0.6 is 11.6 Å². The number of rotatable bonds is 4. The summed E-state index contributed by atoms with van der Waals surface area (Å²) in [5, 5.41) is 8.22. The highest BCUT2D eigenvalue weighted by Crippen LogP contribution is 2.38. The molecule has 0 radical (unpaired) electrons. The highest BCUT2D eigenvalue weighted by atomic mass is 35.5. The summed E-state index contributed by atoms with van der Waals surface area (Å²) in [7, 11) is 0. The second kappa shape index (κ2) is 8.50. The van der Waals surface area contributed by atoms with Crippen molar-refractivity contribution in [2.75, 3.05) is 0 Å². The van der Waals surface area contributed by atoms with Gasteiger partial charge in [0.2, 0.25) is 0 Å². The molecule has 0 fully saturated rings. The van der Waals surface area contributed by atoms with Crippen molar-refractivity contribution in [1.82, 2.24) is 0 Å². The van der Waals surface area contributed by atoms with Crippen molar-refractivity contribution >= 4 is 24.0 Å². The van der Waals surface area contributed by atoms with Crippen LogP contribution < -0.4 is 5.36 Å². The van der Waals surface area contributed by atoms with Crippen LogP contribution in [0.3, 0.4) is 0 Å². The Morgan fingerprint density at radius 1 is 1.00 bits per heavy atom. The standard InChI is InChI=1S/C24H19ClF2N2/c1-4-16-9-22(27)20(12-21(16)25)24-15(3)8-18(26)11-19(24)17-7-5-6-14(2)23(10-17)29-13-28/h4-13,28H,1H2,2-3H3. The van der Waals surface area contributed by atoms with Crippen molar-refractivity contribution < 1.29 is 8.78 Å². The topological polar surface area (TPSA) is 36.2 Å². The van der Waals surface area contributed by atoms with E-state index in [1.807, 2.05) is 25.1 Å². The number of benzene rings is 2. The lowest BCUT2D eigenvalue weighted by molar-refractivity contribution is 0.625. The van der Waals surface area contributed by atoms with Crippen LogP contribution in [0.15, 0.2) is 60.1 Å². The summed E-state index contributed by atoms with van der Waals surface area (Å²) in [6, 6.07) is 12.8. The van der Waals surface area contributed by atoms with E-state index in [-0.39, 0.29) is 5.56 Å². The van der Waals surface area contributed by atoms with E-state index in [0.717, 1.165) is 11.9 Å². The quantitative estimate of drug-likeness (QED) is 0.367. The lowest BCUT2D eigenvalue weighted by atomic mass is 9.90. The van der Waals surface area contributed by atoms with Crippen LogP contribution in [0.4, 0.5) is 8.78 Å². The van der Waals surface area contributed by atoms with Gasteiger partial charge in [-0.1, -0.05) is 42.5 Å². The van der Waals surface area contributed by atoms with Gasteiger partial charge >= 0.3 is 0 Å². The number of hydrogen-bond acceptors (Lipinski definition) is 1. The van der Waals surface area contributed by atoms with Crippen LogP contribution in [-0.2, 0) is 0 Å². The minimum Gasteiger partial charge on any atom is -0.290 e. The predicted octanol–water partition coefficient (Wildman–Crippen LogP) is 6.72. The molecule has 29 heavy (non-hydrogen) atoms. The Hall–Kier alpha value is -3.11. The molecular formula is C24H19ClF2N2. The molecule has 3 aromatic rings. The normalized spacial score (nSPS) is 11.4. The van der Waals surface area contributed by atoms with Gasteiger partial charge in [-0.15, -0.1) is 0 Å². The number of hydrogen-bond donors (Lipinski definition) is 1. The largest absolute Gasteiger partial charge is 0.290 e. The molecule has 0 atom stereocenters. The van der Waals surface area contributed by atoms with Crippen LogP contribution in [0.1, 0.15) is 16.7 Å². The molecule has 0 aliphatic rings. The molecule has 3 aromatic carbocycles. The fraction of sp³-hybridized carbons (Fsp3) is 0.0833. The van der Waals surface area contributed by atoms with Crippen LogP contribution in [0.25, 0.3) is 28.3 Å². The molecule has 0 unspecified atom stereocenters. The highest BCUT2D eigenvalue weighted by Gasteiger charge is 2.17. The van der Waals surface area contributed by atoms with Crippen LogP contribution in [0.5, 0.6) is 0 Å². The van der Waals surface area contributed by atoms with Crippen molar-refractivity contribution in [2.45, 2.75) is 13.8 Å². The maximum atomic E-state index is 15.0. The minimum absolute atomic E-state index is 0.280. The maximum absolute atomic E-state index is 15.0. The first kappa shape index (κ1) is 20.6. The van der Waals surface area contributed by atoms with Crippen LogP contribution in [-0.4, -0.2) is 6.34 Å². The second-order valence-corrected chi connectivity index (χ2v) is 7.06. The van der Waals surface area contributed by atoms with Crippen molar-refractivity contribution in [1.29, 1.82) is 5.41 Å². The maximum Gasteiger partial charge on any atom is 0.131 e. The van der Waals surface area contributed by atoms with Gasteiger partial charge in [-0.2, -0.15) is 0 Å². The van der Waals surface area contributed by atoms with Gasteiger partial charge in [0.25, 0.3) is 0 Å². The average molecular weight is 409 g/mol. The smallest absolute Gasteiger partial charge is 0.131 e. The SMILES string of the molecule is C=Cc1cc(F)c(-c2c(C)cc(F)cc2-c2cccc(C)c(=NC=N)c2)cc1Cl. The summed E-state index contributed by atoms with van der Waals surface area (Å²) in [5.41, 5.74) is 3.92. The van der Waals surface area contributed by atoms with Gasteiger partial charge in [-0.05, 0) is 77.6 Å². The van der Waals surface area contributed by atoms with E-state index in [1.165, 1.54) is 30.3 Å². The molecule has 5 heteroatoms. The molecule has 0 aliphatic carbocycles. The Balaban J connectivity index is 2.40. The highest BCUT2D eigenvalue weighted by molar-refractivity contribution is 6.32. The first-order chi connectivity index (χ1) is 13.8. The van der Waals surface area contributed by atoms with Gasteiger partial charge in [0.1, 0.15) is 18.0 Å². The molecular weight excluding hydrogens is 390 g/mol. The van der Waals surface area contributed by atoms with Crippen LogP contribution in [0.2, 0.25) is 5.02 Å². The van der Waals surface area contributed by atoms with Gasteiger partial charge in [0.05, 0.1) is 5.36 Å². The summed E-state index contributed by atoms with van der Waals surface area (Å²) >= 11 is 6.29. The van der Waals surface area contributed by atoms with Crippen LogP contribution in [0, 0.1) is 30.9 Å². The molecule has 0 saturated carbocycles. The van der Waals surface area contributed by atoms with Crippen molar-refractivity contribution in [3.8, 4) is 22.3 Å². The Morgan fingerprint density at radius 2 is 1.76 bits per heavy atom. The van der Waals surface area contributed by atoms with E-state index in [0.29, 0.717) is 38.2 Å². The molecule has 0 heterocycles. The predicted molar refractivity (Wildman–Crippen MR) is 116 cm³/mol. The summed E-state index contributed by atoms with van der Waals surface area (Å²) < 4.78 is 29.3. The monoisotopic (exact) mass is 408 g/mol. The molecule has 0 saturated heterocycles. The first-order valence-electron chi connectivity index (χ1n) is 8.92. The van der Waals surface area contributed by atoms with E-state index in [9.17, 15) is 8.78 Å². The Morgan fingerprint density at radius 3 is 2.45 bits per heavy atom. The van der Waals surface area contributed by atoms with E-state index in [2.05, 4.69) is 11.6 Å². The number of nitrogens with zero attached hydrogens (tertiary/aromatic N) is 1. The molecule has 0 aromatic heterocycles. The Kier molecular flexibility index (Phi) is 6.04. The van der Waals surface area contributed by atoms with Gasteiger partial charge in [0, 0.05) is 10.6 Å². The molecule has 0 amide bonds. The summed E-state index contributed by atoms with van der Waals surface area (Å²) in [5.74, 6) is -0.898. The lowest BCUT2D eigenvalue weighted by Crippen LogP contribution is -2.03. The van der Waals surface area contributed by atoms with E-state index >= 15 is 0 Å². The number of halogens is 3. The molecule has 3 rings (SSSR count). The molecule has 146 valence electrons. The third-order valence-corrected chi connectivity index (χ3v) is 5.04. The lowest BCUT2D eigenvalue weighted by Gasteiger charge is -2.15. The van der Waals surface area contributed by atoms with E-state index in [4.69, 9.17) is 17.0 Å². The van der Waals surface area contributed by atoms with Gasteiger partial charge in [0.15, 0.2) is 0 Å². The van der Waals surface area contributed by atoms with Crippen molar-refractivity contribution in [2.24, 2.45) is 4.99 Å². The average Bonchev–Trinajstić information content (AvgIpc) is 2.85. The summed E-state index contributed by atoms with van der Waals surface area (Å²) in [6.45, 7) is 7.24. The summed E-state index contributed by atoms with van der Waals surface area (Å²) in [6.07, 6.45) is 2.44. The van der Waals surface area contributed by atoms with Gasteiger partial charge in [-0.3, -0.25) is 5.41 Å². The fourth-order valence-corrected chi connectivity index (χ4v) is 3.55. The molecule has 1 N–H and O–H groups in total. The Labute approximate surface area is 173 Å². The zero-order chi connectivity index (χ0) is 21.1.